The summed E-state index contributed by atoms with van der Waals surface area (Å²) in [7, 11) is 0. The Kier molecular flexibility index (Phi) is 6.62. The van der Waals surface area contributed by atoms with Crippen molar-refractivity contribution in [2.45, 2.75) is 21.5 Å². The van der Waals surface area contributed by atoms with E-state index in [1.165, 1.54) is 11.8 Å². The zero-order valence-electron chi connectivity index (χ0n) is 13.5. The maximum atomic E-state index is 12.6. The summed E-state index contributed by atoms with van der Waals surface area (Å²) in [5.41, 5.74) is 1.00. The topological polar surface area (TPSA) is 17.1 Å². The number of benzene rings is 3. The average molecular weight is 385 g/mol. The molecule has 3 aromatic carbocycles. The minimum absolute atomic E-state index is 0.0141. The number of rotatable bonds is 6. The Morgan fingerprint density at radius 3 is 2.00 bits per heavy atom. The molecule has 126 valence electrons. The summed E-state index contributed by atoms with van der Waals surface area (Å²) in [6, 6.07) is 27.6. The summed E-state index contributed by atoms with van der Waals surface area (Å²) in [4.78, 5) is 14.7. The van der Waals surface area contributed by atoms with Crippen LogP contribution in [0.5, 0.6) is 0 Å². The molecule has 0 spiro atoms. The Bertz CT molecular complexity index is 822. The van der Waals surface area contributed by atoms with Gasteiger partial charge in [0.2, 0.25) is 0 Å². The zero-order valence-corrected chi connectivity index (χ0v) is 15.9. The maximum absolute atomic E-state index is 12.6. The van der Waals surface area contributed by atoms with Crippen LogP contribution in [0, 0.1) is 0 Å². The van der Waals surface area contributed by atoms with Gasteiger partial charge >= 0.3 is 0 Å². The van der Waals surface area contributed by atoms with Gasteiger partial charge in [-0.2, -0.15) is 0 Å². The molecular formula is C21H17ClOS2. The standard InChI is InChI=1S/C21H17ClOS2/c22-19-14-8-7-13-18(19)20(24-16-9-3-1-4-10-16)15-21(23)25-17-11-5-2-6-12-17/h1-14,20H,15H2. The number of carbonyl (C=O) groups excluding carboxylic acids is 1. The van der Waals surface area contributed by atoms with E-state index in [0.29, 0.717) is 11.4 Å². The quantitative estimate of drug-likeness (QED) is 0.431. The first-order valence-corrected chi connectivity index (χ1v) is 10.0. The van der Waals surface area contributed by atoms with Crippen LogP contribution in [0.1, 0.15) is 17.2 Å². The van der Waals surface area contributed by atoms with Crippen LogP contribution in [0.2, 0.25) is 5.02 Å². The molecule has 0 aromatic heterocycles. The average Bonchev–Trinajstić information content (AvgIpc) is 2.63. The molecular weight excluding hydrogens is 368 g/mol. The van der Waals surface area contributed by atoms with Crippen molar-refractivity contribution < 1.29 is 4.79 Å². The molecule has 0 heterocycles. The Morgan fingerprint density at radius 2 is 1.36 bits per heavy atom. The highest BCUT2D eigenvalue weighted by Crippen LogP contribution is 2.42. The predicted octanol–water partition coefficient (Wildman–Crippen LogP) is 6.88. The van der Waals surface area contributed by atoms with Gasteiger partial charge in [-0.15, -0.1) is 11.8 Å². The van der Waals surface area contributed by atoms with E-state index in [0.717, 1.165) is 15.4 Å². The minimum atomic E-state index is -0.0141. The molecule has 1 atom stereocenters. The molecule has 0 N–H and O–H groups in total. The van der Waals surface area contributed by atoms with E-state index in [-0.39, 0.29) is 10.4 Å². The minimum Gasteiger partial charge on any atom is -0.287 e. The lowest BCUT2D eigenvalue weighted by atomic mass is 10.1. The van der Waals surface area contributed by atoms with Gasteiger partial charge in [-0.05, 0) is 35.9 Å². The molecule has 0 amide bonds. The third-order valence-electron chi connectivity index (χ3n) is 3.60. The fraction of sp³-hybridized carbons (Fsp3) is 0.0952. The summed E-state index contributed by atoms with van der Waals surface area (Å²) in [6.45, 7) is 0. The Morgan fingerprint density at radius 1 is 0.800 bits per heavy atom. The predicted molar refractivity (Wildman–Crippen MR) is 108 cm³/mol. The van der Waals surface area contributed by atoms with Gasteiger partial charge in [0.1, 0.15) is 0 Å². The monoisotopic (exact) mass is 384 g/mol. The number of thioether (sulfide) groups is 2. The largest absolute Gasteiger partial charge is 0.287 e. The van der Waals surface area contributed by atoms with Crippen molar-refractivity contribution >= 4 is 40.2 Å². The van der Waals surface area contributed by atoms with E-state index in [1.807, 2.05) is 72.8 Å². The normalized spacial score (nSPS) is 11.9. The van der Waals surface area contributed by atoms with Gasteiger partial charge in [0.15, 0.2) is 5.12 Å². The van der Waals surface area contributed by atoms with E-state index < -0.39 is 0 Å². The van der Waals surface area contributed by atoms with Gasteiger partial charge in [-0.1, -0.05) is 78.0 Å². The number of carbonyl (C=O) groups is 1. The SMILES string of the molecule is O=C(CC(Sc1ccccc1)c1ccccc1Cl)Sc1ccccc1. The highest BCUT2D eigenvalue weighted by molar-refractivity contribution is 8.13. The molecule has 0 aliphatic heterocycles. The van der Waals surface area contributed by atoms with Crippen molar-refractivity contribution in [1.82, 2.24) is 0 Å². The molecule has 3 aromatic rings. The van der Waals surface area contributed by atoms with Crippen molar-refractivity contribution in [2.24, 2.45) is 0 Å². The molecule has 0 aliphatic rings. The smallest absolute Gasteiger partial charge is 0.195 e. The maximum Gasteiger partial charge on any atom is 0.195 e. The van der Waals surface area contributed by atoms with Crippen LogP contribution in [0.25, 0.3) is 0 Å². The van der Waals surface area contributed by atoms with Crippen LogP contribution in [-0.2, 0) is 4.79 Å². The first kappa shape index (κ1) is 18.1. The van der Waals surface area contributed by atoms with Crippen molar-refractivity contribution in [1.29, 1.82) is 0 Å². The van der Waals surface area contributed by atoms with Gasteiger partial charge in [0.05, 0.1) is 0 Å². The van der Waals surface area contributed by atoms with Crippen molar-refractivity contribution in [3.05, 3.63) is 95.5 Å². The molecule has 1 nitrogen and oxygen atoms in total. The molecule has 4 heteroatoms. The van der Waals surface area contributed by atoms with Crippen LogP contribution in [0.15, 0.2) is 94.7 Å². The third kappa shape index (κ3) is 5.40. The summed E-state index contributed by atoms with van der Waals surface area (Å²) in [5.74, 6) is 0. The molecule has 0 bridgehead atoms. The molecule has 0 radical (unpaired) electrons. The fourth-order valence-electron chi connectivity index (χ4n) is 2.43. The summed E-state index contributed by atoms with van der Waals surface area (Å²) >= 11 is 9.36. The van der Waals surface area contributed by atoms with Gasteiger partial charge in [0, 0.05) is 26.5 Å². The third-order valence-corrected chi connectivity index (χ3v) is 6.10. The van der Waals surface area contributed by atoms with Gasteiger partial charge in [0.25, 0.3) is 0 Å². The molecule has 0 saturated heterocycles. The fourth-order valence-corrected chi connectivity index (χ4v) is 4.88. The Hall–Kier alpha value is -1.68. The molecule has 3 rings (SSSR count). The van der Waals surface area contributed by atoms with E-state index in [2.05, 4.69) is 12.1 Å². The van der Waals surface area contributed by atoms with Gasteiger partial charge in [-0.3, -0.25) is 4.79 Å². The number of hydrogen-bond acceptors (Lipinski definition) is 3. The van der Waals surface area contributed by atoms with Gasteiger partial charge < -0.3 is 0 Å². The Labute approximate surface area is 161 Å². The second kappa shape index (κ2) is 9.14. The Balaban J connectivity index is 1.79. The van der Waals surface area contributed by atoms with Crippen LogP contribution >= 0.6 is 35.1 Å². The lowest BCUT2D eigenvalue weighted by molar-refractivity contribution is -0.111. The lowest BCUT2D eigenvalue weighted by Gasteiger charge is -2.17. The van der Waals surface area contributed by atoms with Crippen LogP contribution in [0.3, 0.4) is 0 Å². The van der Waals surface area contributed by atoms with Crippen molar-refractivity contribution in [2.75, 3.05) is 0 Å². The second-order valence-corrected chi connectivity index (χ2v) is 8.25. The van der Waals surface area contributed by atoms with E-state index in [9.17, 15) is 4.79 Å². The summed E-state index contributed by atoms with van der Waals surface area (Å²) < 4.78 is 0. The number of hydrogen-bond donors (Lipinski definition) is 0. The molecule has 0 saturated carbocycles. The lowest BCUT2D eigenvalue weighted by Crippen LogP contribution is -2.02. The highest BCUT2D eigenvalue weighted by Gasteiger charge is 2.20. The first-order valence-electron chi connectivity index (χ1n) is 7.94. The molecule has 0 fully saturated rings. The first-order chi connectivity index (χ1) is 12.2. The van der Waals surface area contributed by atoms with Crippen LogP contribution < -0.4 is 0 Å². The van der Waals surface area contributed by atoms with E-state index >= 15 is 0 Å². The van der Waals surface area contributed by atoms with Crippen LogP contribution in [-0.4, -0.2) is 5.12 Å². The highest BCUT2D eigenvalue weighted by atomic mass is 35.5. The van der Waals surface area contributed by atoms with Crippen molar-refractivity contribution in [3.63, 3.8) is 0 Å². The second-order valence-electron chi connectivity index (χ2n) is 5.43. The number of halogens is 1. The summed E-state index contributed by atoms with van der Waals surface area (Å²) in [6.07, 6.45) is 0.419. The summed E-state index contributed by atoms with van der Waals surface area (Å²) in [5, 5.41) is 0.827. The van der Waals surface area contributed by atoms with E-state index in [1.54, 1.807) is 11.8 Å². The molecule has 1 unspecified atom stereocenters. The van der Waals surface area contributed by atoms with E-state index in [4.69, 9.17) is 11.6 Å². The van der Waals surface area contributed by atoms with Crippen LogP contribution in [0.4, 0.5) is 0 Å². The molecule has 25 heavy (non-hydrogen) atoms. The molecule has 0 aliphatic carbocycles. The zero-order chi connectivity index (χ0) is 17.5. The van der Waals surface area contributed by atoms with Crippen molar-refractivity contribution in [3.8, 4) is 0 Å². The van der Waals surface area contributed by atoms with Gasteiger partial charge in [-0.25, -0.2) is 0 Å².